The van der Waals surface area contributed by atoms with Gasteiger partial charge in [-0.15, -0.1) is 0 Å². The maximum atomic E-state index is 5.86. The monoisotopic (exact) mass is 455 g/mol. The Labute approximate surface area is 196 Å². The first-order chi connectivity index (χ1) is 16.5. The average Bonchev–Trinajstić information content (AvgIpc) is 3.36. The minimum Gasteiger partial charge on any atom is -0.496 e. The molecule has 3 aromatic heterocycles. The molecule has 0 bridgehead atoms. The van der Waals surface area contributed by atoms with Crippen LogP contribution in [0.3, 0.4) is 0 Å². The maximum Gasteiger partial charge on any atom is 0.144 e. The van der Waals surface area contributed by atoms with Gasteiger partial charge in [0, 0.05) is 16.5 Å². The quantitative estimate of drug-likeness (QED) is 0.375. The van der Waals surface area contributed by atoms with E-state index >= 15 is 0 Å². The summed E-state index contributed by atoms with van der Waals surface area (Å²) in [7, 11) is 1.67. The van der Waals surface area contributed by atoms with E-state index < -0.39 is 0 Å². The van der Waals surface area contributed by atoms with Crippen molar-refractivity contribution in [3.8, 4) is 16.9 Å². The van der Waals surface area contributed by atoms with Gasteiger partial charge in [-0.1, -0.05) is 29.4 Å². The number of hydrogen-bond donors (Lipinski definition) is 2. The number of methoxy groups -OCH3 is 1. The van der Waals surface area contributed by atoms with E-state index in [1.807, 2.05) is 32.9 Å². The van der Waals surface area contributed by atoms with Gasteiger partial charge in [0.25, 0.3) is 0 Å². The zero-order valence-electron chi connectivity index (χ0n) is 19.5. The van der Waals surface area contributed by atoms with Crippen LogP contribution in [0.25, 0.3) is 33.1 Å². The molecule has 1 atom stereocenters. The van der Waals surface area contributed by atoms with Crippen molar-refractivity contribution in [2.75, 3.05) is 19.0 Å². The van der Waals surface area contributed by atoms with Crippen LogP contribution in [0.15, 0.2) is 40.9 Å². The van der Waals surface area contributed by atoms with Crippen LogP contribution in [0.5, 0.6) is 5.75 Å². The second-order valence-corrected chi connectivity index (χ2v) is 8.68. The number of aromatic nitrogens is 4. The predicted octanol–water partition coefficient (Wildman–Crippen LogP) is 5.38. The minimum atomic E-state index is -0.00382. The molecule has 8 heteroatoms. The summed E-state index contributed by atoms with van der Waals surface area (Å²) in [4.78, 5) is 12.9. The fourth-order valence-electron chi connectivity index (χ4n) is 4.94. The molecule has 172 valence electrons. The predicted molar refractivity (Wildman–Crippen MR) is 130 cm³/mol. The standard InChI is InChI=1S/C26H25N5O3/c1-13-23(14(2)34-31-13)19-9-20-18(10-22(19)32-4)24-25(29-20)27-15(3)28-26(24)30-21-12-33-11-16-7-5-6-8-17(16)21/h5-10,21H,11-12H2,1-4H3,(H2,27,28,29,30)/t21-/m1/s1. The summed E-state index contributed by atoms with van der Waals surface area (Å²) in [5.41, 5.74) is 6.82. The van der Waals surface area contributed by atoms with Crippen LogP contribution in [0.1, 0.15) is 34.4 Å². The number of anilines is 1. The van der Waals surface area contributed by atoms with E-state index in [9.17, 15) is 0 Å². The van der Waals surface area contributed by atoms with E-state index in [0.717, 1.165) is 56.1 Å². The van der Waals surface area contributed by atoms with Gasteiger partial charge in [0.1, 0.15) is 28.8 Å². The molecule has 1 aliphatic heterocycles. The molecule has 0 amide bonds. The highest BCUT2D eigenvalue weighted by molar-refractivity contribution is 6.12. The van der Waals surface area contributed by atoms with E-state index in [-0.39, 0.29) is 6.04 Å². The molecule has 0 spiro atoms. The molecule has 0 saturated carbocycles. The molecular formula is C26H25N5O3. The summed E-state index contributed by atoms with van der Waals surface area (Å²) < 4.78 is 17.1. The first-order valence-electron chi connectivity index (χ1n) is 11.3. The lowest BCUT2D eigenvalue weighted by atomic mass is 9.98. The summed E-state index contributed by atoms with van der Waals surface area (Å²) in [5.74, 6) is 2.94. The van der Waals surface area contributed by atoms with Crippen LogP contribution in [0, 0.1) is 20.8 Å². The Balaban J connectivity index is 1.53. The van der Waals surface area contributed by atoms with Crippen LogP contribution >= 0.6 is 0 Å². The molecule has 2 N–H and O–H groups in total. The van der Waals surface area contributed by atoms with Crippen LogP contribution in [-0.4, -0.2) is 33.8 Å². The molecule has 4 heterocycles. The van der Waals surface area contributed by atoms with Crippen LogP contribution < -0.4 is 10.1 Å². The van der Waals surface area contributed by atoms with Crippen LogP contribution in [0.4, 0.5) is 5.82 Å². The molecule has 1 aliphatic rings. The Bertz CT molecular complexity index is 1530. The molecule has 6 rings (SSSR count). The van der Waals surface area contributed by atoms with Gasteiger partial charge in [-0.05, 0) is 44.0 Å². The number of aromatic amines is 1. The summed E-state index contributed by atoms with van der Waals surface area (Å²) in [5, 5.41) is 9.65. The molecule has 0 fully saturated rings. The van der Waals surface area contributed by atoms with Gasteiger partial charge in [0.05, 0.1) is 43.0 Å². The van der Waals surface area contributed by atoms with E-state index in [2.05, 4.69) is 44.7 Å². The van der Waals surface area contributed by atoms with E-state index in [1.165, 1.54) is 11.1 Å². The van der Waals surface area contributed by atoms with Crippen molar-refractivity contribution in [3.63, 3.8) is 0 Å². The number of nitrogens with one attached hydrogen (secondary N) is 2. The Kier molecular flexibility index (Phi) is 4.77. The summed E-state index contributed by atoms with van der Waals surface area (Å²) in [6.45, 7) is 6.94. The molecule has 0 unspecified atom stereocenters. The third-order valence-corrected chi connectivity index (χ3v) is 6.47. The summed E-state index contributed by atoms with van der Waals surface area (Å²) >= 11 is 0. The number of H-pyrrole nitrogens is 1. The first-order valence-corrected chi connectivity index (χ1v) is 11.3. The lowest BCUT2D eigenvalue weighted by molar-refractivity contribution is 0.0969. The normalized spacial score (nSPS) is 15.6. The zero-order chi connectivity index (χ0) is 23.4. The zero-order valence-corrected chi connectivity index (χ0v) is 19.5. The molecule has 34 heavy (non-hydrogen) atoms. The Morgan fingerprint density at radius 1 is 1.12 bits per heavy atom. The number of rotatable bonds is 4. The van der Waals surface area contributed by atoms with Gasteiger partial charge in [0.15, 0.2) is 0 Å². The first kappa shape index (κ1) is 20.7. The Morgan fingerprint density at radius 2 is 1.97 bits per heavy atom. The van der Waals surface area contributed by atoms with Gasteiger partial charge < -0.3 is 24.3 Å². The number of hydrogen-bond acceptors (Lipinski definition) is 7. The fourth-order valence-corrected chi connectivity index (χ4v) is 4.94. The second kappa shape index (κ2) is 7.85. The SMILES string of the molecule is COc1cc2c(cc1-c1c(C)noc1C)[nH]c1nc(C)nc(N[C@@H]3COCc4ccccc43)c12. The van der Waals surface area contributed by atoms with Gasteiger partial charge in [-0.2, -0.15) is 0 Å². The number of ether oxygens (including phenoxy) is 2. The largest absolute Gasteiger partial charge is 0.496 e. The molecule has 0 aliphatic carbocycles. The molecule has 0 saturated heterocycles. The van der Waals surface area contributed by atoms with E-state index in [4.69, 9.17) is 19.0 Å². The van der Waals surface area contributed by atoms with E-state index in [0.29, 0.717) is 19.0 Å². The van der Waals surface area contributed by atoms with Crippen molar-refractivity contribution in [1.82, 2.24) is 20.1 Å². The van der Waals surface area contributed by atoms with Gasteiger partial charge >= 0.3 is 0 Å². The average molecular weight is 456 g/mol. The number of aryl methyl sites for hydroxylation is 3. The van der Waals surface area contributed by atoms with Crippen molar-refractivity contribution >= 4 is 27.8 Å². The third kappa shape index (κ3) is 3.21. The van der Waals surface area contributed by atoms with Gasteiger partial charge in [-0.3, -0.25) is 0 Å². The number of fused-ring (bicyclic) bond motifs is 4. The molecule has 5 aromatic rings. The highest BCUT2D eigenvalue weighted by atomic mass is 16.5. The minimum absolute atomic E-state index is 0.00382. The smallest absolute Gasteiger partial charge is 0.144 e. The lowest BCUT2D eigenvalue weighted by Gasteiger charge is -2.27. The van der Waals surface area contributed by atoms with Crippen molar-refractivity contribution < 1.29 is 14.0 Å². The molecule has 2 aromatic carbocycles. The molecule has 8 nitrogen and oxygen atoms in total. The second-order valence-electron chi connectivity index (χ2n) is 8.68. The van der Waals surface area contributed by atoms with E-state index in [1.54, 1.807) is 7.11 Å². The Hall–Kier alpha value is -3.91. The highest BCUT2D eigenvalue weighted by Gasteiger charge is 2.24. The number of nitrogens with zero attached hydrogens (tertiary/aromatic N) is 3. The van der Waals surface area contributed by atoms with Crippen molar-refractivity contribution in [1.29, 1.82) is 0 Å². The van der Waals surface area contributed by atoms with Crippen LogP contribution in [-0.2, 0) is 11.3 Å². The molecular weight excluding hydrogens is 430 g/mol. The van der Waals surface area contributed by atoms with Crippen LogP contribution in [0.2, 0.25) is 0 Å². The third-order valence-electron chi connectivity index (χ3n) is 6.47. The molecule has 0 radical (unpaired) electrons. The highest BCUT2D eigenvalue weighted by Crippen LogP contribution is 2.41. The van der Waals surface area contributed by atoms with Gasteiger partial charge in [-0.25, -0.2) is 9.97 Å². The van der Waals surface area contributed by atoms with Crippen molar-refractivity contribution in [3.05, 3.63) is 64.8 Å². The topological polar surface area (TPSA) is 98.1 Å². The summed E-state index contributed by atoms with van der Waals surface area (Å²) in [6.07, 6.45) is 0. The van der Waals surface area contributed by atoms with Gasteiger partial charge in [0.2, 0.25) is 0 Å². The van der Waals surface area contributed by atoms with Crippen molar-refractivity contribution in [2.45, 2.75) is 33.4 Å². The fraction of sp³-hybridized carbons (Fsp3) is 0.269. The Morgan fingerprint density at radius 3 is 2.76 bits per heavy atom. The summed E-state index contributed by atoms with van der Waals surface area (Å²) in [6, 6.07) is 12.5. The van der Waals surface area contributed by atoms with Crippen molar-refractivity contribution in [2.24, 2.45) is 0 Å². The maximum absolute atomic E-state index is 5.86. The number of benzene rings is 2. The lowest BCUT2D eigenvalue weighted by Crippen LogP contribution is -2.23.